The second-order valence-corrected chi connectivity index (χ2v) is 9.16. The molecule has 182 valence electrons. The number of nitrogens with one attached hydrogen (secondary N) is 1. The minimum Gasteiger partial charge on any atom is -0.481 e. The van der Waals surface area contributed by atoms with E-state index in [0.29, 0.717) is 35.3 Å². The van der Waals surface area contributed by atoms with E-state index >= 15 is 0 Å². The van der Waals surface area contributed by atoms with E-state index < -0.39 is 17.7 Å². The maximum atomic E-state index is 12.8. The molecule has 5 rings (SSSR count). The highest BCUT2D eigenvalue weighted by Crippen LogP contribution is 2.40. The van der Waals surface area contributed by atoms with Gasteiger partial charge in [-0.15, -0.1) is 0 Å². The van der Waals surface area contributed by atoms with Crippen LogP contribution in [-0.2, 0) is 11.0 Å². The average molecular weight is 476 g/mol. The molecule has 1 saturated carbocycles. The molecule has 0 atom stereocenters. The van der Waals surface area contributed by atoms with Crippen LogP contribution in [0.1, 0.15) is 44.6 Å². The maximum absolute atomic E-state index is 12.8. The van der Waals surface area contributed by atoms with Gasteiger partial charge in [-0.25, -0.2) is 9.97 Å². The van der Waals surface area contributed by atoms with Gasteiger partial charge in [-0.3, -0.25) is 4.79 Å². The second kappa shape index (κ2) is 9.25. The van der Waals surface area contributed by atoms with Crippen LogP contribution < -0.4 is 4.90 Å². The number of rotatable bonds is 3. The number of hydrogen-bond donors (Lipinski definition) is 3. The van der Waals surface area contributed by atoms with Crippen LogP contribution in [0.3, 0.4) is 0 Å². The molecule has 0 bridgehead atoms. The number of anilines is 1. The first-order valence-corrected chi connectivity index (χ1v) is 11.2. The van der Waals surface area contributed by atoms with Crippen molar-refractivity contribution in [3.8, 4) is 11.4 Å². The Morgan fingerprint density at radius 1 is 1.18 bits per heavy atom. The zero-order chi connectivity index (χ0) is 24.5. The van der Waals surface area contributed by atoms with Crippen molar-refractivity contribution in [1.29, 1.82) is 0 Å². The Bertz CT molecular complexity index is 1150. The first-order chi connectivity index (χ1) is 16.0. The summed E-state index contributed by atoms with van der Waals surface area (Å²) in [6, 6.07) is 7.15. The fourth-order valence-electron chi connectivity index (χ4n) is 4.05. The van der Waals surface area contributed by atoms with Crippen molar-refractivity contribution in [2.45, 2.75) is 51.3 Å². The van der Waals surface area contributed by atoms with Crippen molar-refractivity contribution in [1.82, 2.24) is 15.0 Å². The van der Waals surface area contributed by atoms with Gasteiger partial charge in [0.1, 0.15) is 11.6 Å². The lowest BCUT2D eigenvalue weighted by Gasteiger charge is -2.33. The lowest BCUT2D eigenvalue weighted by Crippen LogP contribution is -2.36. The van der Waals surface area contributed by atoms with E-state index in [9.17, 15) is 23.1 Å². The van der Waals surface area contributed by atoms with Gasteiger partial charge in [0.05, 0.1) is 28.1 Å². The lowest BCUT2D eigenvalue weighted by atomic mass is 9.71. The molecule has 1 saturated heterocycles. The quantitative estimate of drug-likeness (QED) is 0.499. The maximum Gasteiger partial charge on any atom is 0.416 e. The molecule has 1 aliphatic heterocycles. The molecule has 2 fully saturated rings. The van der Waals surface area contributed by atoms with Gasteiger partial charge in [0.2, 0.25) is 0 Å². The zero-order valence-corrected chi connectivity index (χ0v) is 18.8. The number of fused-ring (bicyclic) bond motifs is 1. The highest BCUT2D eigenvalue weighted by Gasteiger charge is 2.39. The molecule has 2 aliphatic rings. The summed E-state index contributed by atoms with van der Waals surface area (Å²) >= 11 is 0. The number of H-pyrrole nitrogens is 1. The number of nitrogens with zero attached hydrogens (tertiary/aromatic N) is 3. The number of aromatic nitrogens is 3. The third kappa shape index (κ3) is 5.16. The van der Waals surface area contributed by atoms with Crippen LogP contribution in [0.5, 0.6) is 0 Å². The largest absolute Gasteiger partial charge is 0.481 e. The number of hydrogen-bond acceptors (Lipinski definition) is 5. The van der Waals surface area contributed by atoms with Crippen molar-refractivity contribution < 1.29 is 28.2 Å². The number of aliphatic carboxylic acids is 1. The van der Waals surface area contributed by atoms with E-state index in [1.54, 1.807) is 13.1 Å². The molecule has 2 aromatic heterocycles. The summed E-state index contributed by atoms with van der Waals surface area (Å²) in [4.78, 5) is 24.1. The van der Waals surface area contributed by atoms with Crippen LogP contribution in [0.4, 0.5) is 19.0 Å². The van der Waals surface area contributed by atoms with E-state index in [0.717, 1.165) is 50.3 Å². The summed E-state index contributed by atoms with van der Waals surface area (Å²) in [6.07, 6.45) is 1.27. The molecule has 1 aliphatic carbocycles. The number of halogens is 3. The van der Waals surface area contributed by atoms with Crippen molar-refractivity contribution in [2.75, 3.05) is 18.0 Å². The summed E-state index contributed by atoms with van der Waals surface area (Å²) in [5, 5.41) is 18.1. The lowest BCUT2D eigenvalue weighted by molar-refractivity contribution is -0.152. The third-order valence-corrected chi connectivity index (χ3v) is 6.59. The predicted molar refractivity (Wildman–Crippen MR) is 121 cm³/mol. The van der Waals surface area contributed by atoms with Gasteiger partial charge in [-0.1, -0.05) is 6.42 Å². The van der Waals surface area contributed by atoms with Crippen molar-refractivity contribution in [3.05, 3.63) is 42.1 Å². The number of carboxylic acid groups (broad SMARTS) is 1. The van der Waals surface area contributed by atoms with Gasteiger partial charge in [0, 0.05) is 24.8 Å². The molecule has 0 unspecified atom stereocenters. The smallest absolute Gasteiger partial charge is 0.416 e. The molecule has 0 spiro atoms. The monoisotopic (exact) mass is 476 g/mol. The summed E-state index contributed by atoms with van der Waals surface area (Å²) in [5.74, 6) is 0.660. The molecular weight excluding hydrogens is 449 g/mol. The third-order valence-electron chi connectivity index (χ3n) is 6.59. The van der Waals surface area contributed by atoms with Gasteiger partial charge in [-0.2, -0.15) is 13.2 Å². The first kappa shape index (κ1) is 24.0. The molecular formula is C24H27F3N4O3. The summed E-state index contributed by atoms with van der Waals surface area (Å²) in [7, 11) is 0. The molecule has 0 amide bonds. The number of aliphatic hydroxyl groups is 1. The van der Waals surface area contributed by atoms with Crippen LogP contribution in [0.15, 0.2) is 36.5 Å². The Kier molecular flexibility index (Phi) is 6.53. The minimum absolute atomic E-state index is 0.248. The Labute approximate surface area is 194 Å². The second-order valence-electron chi connectivity index (χ2n) is 9.16. The van der Waals surface area contributed by atoms with Gasteiger partial charge >= 0.3 is 12.1 Å². The summed E-state index contributed by atoms with van der Waals surface area (Å²) in [6.45, 7) is 3.30. The van der Waals surface area contributed by atoms with Gasteiger partial charge in [-0.05, 0) is 62.9 Å². The normalized spacial score (nSPS) is 18.2. The number of aliphatic hydroxyl groups excluding tert-OH is 1. The molecule has 3 aromatic rings. The summed E-state index contributed by atoms with van der Waals surface area (Å²) < 4.78 is 38.5. The van der Waals surface area contributed by atoms with Crippen LogP contribution in [0, 0.1) is 5.41 Å². The highest BCUT2D eigenvalue weighted by atomic mass is 19.4. The number of piperidine rings is 1. The zero-order valence-electron chi connectivity index (χ0n) is 18.8. The Morgan fingerprint density at radius 2 is 1.88 bits per heavy atom. The average Bonchev–Trinajstić information content (AvgIpc) is 3.21. The number of carboxylic acids is 1. The predicted octanol–water partition coefficient (Wildman–Crippen LogP) is 4.87. The fraction of sp³-hybridized carbons (Fsp3) is 0.458. The topological polar surface area (TPSA) is 102 Å². The number of carbonyl (C=O) groups is 1. The van der Waals surface area contributed by atoms with Crippen LogP contribution in [0.25, 0.3) is 22.4 Å². The van der Waals surface area contributed by atoms with Gasteiger partial charge in [0.15, 0.2) is 0 Å². The van der Waals surface area contributed by atoms with E-state index in [4.69, 9.17) is 5.11 Å². The van der Waals surface area contributed by atoms with E-state index in [1.165, 1.54) is 6.07 Å². The number of pyridine rings is 1. The molecule has 10 heteroatoms. The molecule has 7 nitrogen and oxygen atoms in total. The van der Waals surface area contributed by atoms with Crippen molar-refractivity contribution in [2.24, 2.45) is 5.41 Å². The SMILES string of the molecule is CC1(C(=O)O)CCC1.OC1CCN(c2ccc(-c3nc4ccc(C(F)(F)F)cc4[nH]3)cn2)CC1. The van der Waals surface area contributed by atoms with Crippen LogP contribution in [-0.4, -0.2) is 50.3 Å². The standard InChI is InChI=1S/C18H17F3N4O.C6H10O2/c19-18(20,21)12-2-3-14-15(9-12)24-17(23-14)11-1-4-16(22-10-11)25-7-5-13(26)6-8-25;1-6(5(7)8)3-2-4-6/h1-4,9-10,13,26H,5-8H2,(H,23,24);2-4H2,1H3,(H,7,8). The Morgan fingerprint density at radius 3 is 2.38 bits per heavy atom. The number of imidazole rings is 1. The Balaban J connectivity index is 0.000000291. The van der Waals surface area contributed by atoms with E-state index in [1.807, 2.05) is 12.1 Å². The van der Waals surface area contributed by atoms with Crippen LogP contribution in [0.2, 0.25) is 0 Å². The Hall–Kier alpha value is -3.14. The minimum atomic E-state index is -4.38. The number of alkyl halides is 3. The van der Waals surface area contributed by atoms with Gasteiger partial charge in [0.25, 0.3) is 0 Å². The molecule has 1 aromatic carbocycles. The highest BCUT2D eigenvalue weighted by molar-refractivity contribution is 5.80. The molecule has 3 N–H and O–H groups in total. The molecule has 0 radical (unpaired) electrons. The van der Waals surface area contributed by atoms with Gasteiger partial charge < -0.3 is 20.1 Å². The van der Waals surface area contributed by atoms with E-state index in [2.05, 4.69) is 19.9 Å². The number of benzene rings is 1. The van der Waals surface area contributed by atoms with Crippen molar-refractivity contribution >= 4 is 22.8 Å². The number of aromatic amines is 1. The first-order valence-electron chi connectivity index (χ1n) is 11.2. The molecule has 34 heavy (non-hydrogen) atoms. The van der Waals surface area contributed by atoms with Crippen molar-refractivity contribution in [3.63, 3.8) is 0 Å². The molecule has 3 heterocycles. The van der Waals surface area contributed by atoms with E-state index in [-0.39, 0.29) is 11.5 Å². The van der Waals surface area contributed by atoms with Crippen LogP contribution >= 0.6 is 0 Å². The summed E-state index contributed by atoms with van der Waals surface area (Å²) in [5.41, 5.74) is 0.447. The fourth-order valence-corrected chi connectivity index (χ4v) is 4.05.